The van der Waals surface area contributed by atoms with Crippen LogP contribution in [-0.2, 0) is 4.79 Å². The maximum atomic E-state index is 12.0. The molecule has 1 fully saturated rings. The molecule has 0 aliphatic carbocycles. The molecule has 0 unspecified atom stereocenters. The van der Waals surface area contributed by atoms with Gasteiger partial charge in [-0.1, -0.05) is 17.7 Å². The smallest absolute Gasteiger partial charge is 0.293 e. The van der Waals surface area contributed by atoms with Crippen molar-refractivity contribution < 1.29 is 9.59 Å². The molecule has 0 spiro atoms. The zero-order valence-electron chi connectivity index (χ0n) is 13.6. The van der Waals surface area contributed by atoms with E-state index in [0.29, 0.717) is 4.91 Å². The minimum Gasteiger partial charge on any atom is -0.318 e. The van der Waals surface area contributed by atoms with E-state index < -0.39 is 0 Å². The van der Waals surface area contributed by atoms with Gasteiger partial charge in [0.15, 0.2) is 0 Å². The van der Waals surface area contributed by atoms with E-state index in [-0.39, 0.29) is 11.1 Å². The average Bonchev–Trinajstić information content (AvgIpc) is 2.92. The molecular weight excluding hydrogens is 308 g/mol. The molecule has 0 radical (unpaired) electrons. The van der Waals surface area contributed by atoms with Crippen LogP contribution in [-0.4, -0.2) is 27.7 Å². The minimum absolute atomic E-state index is 0.228. The van der Waals surface area contributed by atoms with E-state index in [2.05, 4.69) is 35.8 Å². The van der Waals surface area contributed by atoms with Gasteiger partial charge in [-0.15, -0.1) is 0 Å². The van der Waals surface area contributed by atoms with Crippen LogP contribution < -0.4 is 0 Å². The topological polar surface area (TPSA) is 42.3 Å². The molecule has 2 heterocycles. The number of amides is 2. The zero-order chi connectivity index (χ0) is 16.7. The Labute approximate surface area is 139 Å². The van der Waals surface area contributed by atoms with E-state index >= 15 is 0 Å². The lowest BCUT2D eigenvalue weighted by molar-refractivity contribution is -0.121. The maximum absolute atomic E-state index is 12.0. The molecule has 1 aromatic heterocycles. The van der Waals surface area contributed by atoms with Crippen molar-refractivity contribution in [1.29, 1.82) is 0 Å². The van der Waals surface area contributed by atoms with E-state index in [0.717, 1.165) is 39.3 Å². The Morgan fingerprint density at radius 1 is 1.04 bits per heavy atom. The van der Waals surface area contributed by atoms with Gasteiger partial charge >= 0.3 is 0 Å². The number of rotatable bonds is 2. The van der Waals surface area contributed by atoms with Crippen molar-refractivity contribution in [2.75, 3.05) is 7.05 Å². The summed E-state index contributed by atoms with van der Waals surface area (Å²) >= 11 is 0.987. The summed E-state index contributed by atoms with van der Waals surface area (Å²) in [6.45, 7) is 6.12. The van der Waals surface area contributed by atoms with E-state index in [4.69, 9.17) is 0 Å². The second kappa shape index (κ2) is 5.74. The number of carbonyl (C=O) groups is 2. The molecule has 1 aliphatic heterocycles. The van der Waals surface area contributed by atoms with Crippen molar-refractivity contribution >= 4 is 29.0 Å². The normalized spacial score (nSPS) is 16.7. The summed E-state index contributed by atoms with van der Waals surface area (Å²) < 4.78 is 2.15. The van der Waals surface area contributed by atoms with Crippen LogP contribution >= 0.6 is 11.8 Å². The zero-order valence-corrected chi connectivity index (χ0v) is 14.4. The van der Waals surface area contributed by atoms with Gasteiger partial charge in [0.2, 0.25) is 0 Å². The van der Waals surface area contributed by atoms with Gasteiger partial charge in [0.25, 0.3) is 11.1 Å². The number of thioether (sulfide) groups is 1. The van der Waals surface area contributed by atoms with Crippen molar-refractivity contribution in [2.24, 2.45) is 0 Å². The summed E-state index contributed by atoms with van der Waals surface area (Å²) in [5.41, 5.74) is 5.41. The molecule has 2 amide bonds. The Hall–Kier alpha value is -2.27. The van der Waals surface area contributed by atoms with Gasteiger partial charge in [-0.3, -0.25) is 14.5 Å². The van der Waals surface area contributed by atoms with Crippen molar-refractivity contribution in [3.05, 3.63) is 57.8 Å². The highest BCUT2D eigenvalue weighted by atomic mass is 32.2. The maximum Gasteiger partial charge on any atom is 0.293 e. The van der Waals surface area contributed by atoms with Gasteiger partial charge in [0.1, 0.15) is 0 Å². The van der Waals surface area contributed by atoms with Gasteiger partial charge < -0.3 is 4.57 Å². The van der Waals surface area contributed by atoms with Gasteiger partial charge in [-0.25, -0.2) is 0 Å². The van der Waals surface area contributed by atoms with Crippen LogP contribution in [0.5, 0.6) is 0 Å². The first-order valence-corrected chi connectivity index (χ1v) is 8.17. The van der Waals surface area contributed by atoms with Crippen LogP contribution in [0.15, 0.2) is 35.2 Å². The van der Waals surface area contributed by atoms with Gasteiger partial charge in [0.05, 0.1) is 4.91 Å². The molecular formula is C18H18N2O2S. The third kappa shape index (κ3) is 2.72. The lowest BCUT2D eigenvalue weighted by Crippen LogP contribution is -2.22. The molecule has 2 aromatic rings. The summed E-state index contributed by atoms with van der Waals surface area (Å²) in [6, 6.07) is 10.4. The van der Waals surface area contributed by atoms with E-state index in [9.17, 15) is 9.59 Å². The van der Waals surface area contributed by atoms with Crippen molar-refractivity contribution in [3.63, 3.8) is 0 Å². The van der Waals surface area contributed by atoms with E-state index in [1.165, 1.54) is 12.6 Å². The van der Waals surface area contributed by atoms with Crippen molar-refractivity contribution in [3.8, 4) is 5.69 Å². The highest BCUT2D eigenvalue weighted by molar-refractivity contribution is 8.18. The van der Waals surface area contributed by atoms with Crippen LogP contribution in [0.4, 0.5) is 4.79 Å². The van der Waals surface area contributed by atoms with Gasteiger partial charge in [0, 0.05) is 24.1 Å². The fraction of sp³-hybridized carbons (Fsp3) is 0.222. The first-order chi connectivity index (χ1) is 10.9. The van der Waals surface area contributed by atoms with Crippen molar-refractivity contribution in [1.82, 2.24) is 9.47 Å². The quantitative estimate of drug-likeness (QED) is 0.781. The Bertz CT molecular complexity index is 831. The largest absolute Gasteiger partial charge is 0.318 e. The first kappa shape index (κ1) is 15.6. The molecule has 4 nitrogen and oxygen atoms in total. The number of carbonyl (C=O) groups excluding carboxylic acids is 2. The summed E-state index contributed by atoms with van der Waals surface area (Å²) in [5, 5.41) is -0.228. The summed E-state index contributed by atoms with van der Waals surface area (Å²) in [6.07, 6.45) is 1.81. The molecule has 118 valence electrons. The summed E-state index contributed by atoms with van der Waals surface area (Å²) in [4.78, 5) is 25.3. The Kier molecular flexibility index (Phi) is 3.90. The second-order valence-corrected chi connectivity index (χ2v) is 6.73. The average molecular weight is 326 g/mol. The molecule has 0 bridgehead atoms. The SMILES string of the molecule is Cc1ccc(-n2c(C)cc(/C=C3/SC(=O)N(C)C3=O)c2C)cc1. The fourth-order valence-electron chi connectivity index (χ4n) is 2.71. The number of aryl methyl sites for hydroxylation is 2. The Morgan fingerprint density at radius 3 is 2.26 bits per heavy atom. The molecule has 3 rings (SSSR count). The summed E-state index contributed by atoms with van der Waals surface area (Å²) in [7, 11) is 1.51. The predicted molar refractivity (Wildman–Crippen MR) is 93.7 cm³/mol. The molecule has 0 N–H and O–H groups in total. The van der Waals surface area contributed by atoms with Gasteiger partial charge in [-0.05, 0) is 62.4 Å². The number of hydrogen-bond donors (Lipinski definition) is 0. The van der Waals surface area contributed by atoms with E-state index in [1.54, 1.807) is 6.08 Å². The van der Waals surface area contributed by atoms with Crippen LogP contribution in [0.1, 0.15) is 22.5 Å². The standard InChI is InChI=1S/C18H18N2O2S/c1-11-5-7-15(8-6-11)20-12(2)9-14(13(20)3)10-16-17(21)19(4)18(22)23-16/h5-10H,1-4H3/b16-10+. The van der Waals surface area contributed by atoms with Crippen LogP contribution in [0.2, 0.25) is 0 Å². The van der Waals surface area contributed by atoms with E-state index in [1.807, 2.05) is 19.9 Å². The third-order valence-electron chi connectivity index (χ3n) is 4.04. The minimum atomic E-state index is -0.236. The number of likely N-dealkylation sites (N-methyl/N-ethyl adjacent to an activating group) is 1. The number of hydrogen-bond acceptors (Lipinski definition) is 3. The van der Waals surface area contributed by atoms with Gasteiger partial charge in [-0.2, -0.15) is 0 Å². The molecule has 1 aromatic carbocycles. The lowest BCUT2D eigenvalue weighted by Gasteiger charge is -2.10. The molecule has 0 saturated carbocycles. The number of aromatic nitrogens is 1. The monoisotopic (exact) mass is 326 g/mol. The highest BCUT2D eigenvalue weighted by Gasteiger charge is 2.32. The molecule has 1 saturated heterocycles. The lowest BCUT2D eigenvalue weighted by atomic mass is 10.2. The van der Waals surface area contributed by atoms with Crippen LogP contribution in [0.25, 0.3) is 11.8 Å². The number of benzene rings is 1. The fourth-order valence-corrected chi connectivity index (χ4v) is 3.53. The number of nitrogens with zero attached hydrogens (tertiary/aromatic N) is 2. The van der Waals surface area contributed by atoms with Crippen molar-refractivity contribution in [2.45, 2.75) is 20.8 Å². The molecule has 23 heavy (non-hydrogen) atoms. The molecule has 0 atom stereocenters. The summed E-state index contributed by atoms with van der Waals surface area (Å²) in [5.74, 6) is -0.236. The molecule has 1 aliphatic rings. The number of imide groups is 1. The second-order valence-electron chi connectivity index (χ2n) is 5.74. The first-order valence-electron chi connectivity index (χ1n) is 7.36. The predicted octanol–water partition coefficient (Wildman–Crippen LogP) is 4.07. The third-order valence-corrected chi connectivity index (χ3v) is 5.00. The Balaban J connectivity index is 2.03. The van der Waals surface area contributed by atoms with Crippen LogP contribution in [0.3, 0.4) is 0 Å². The van der Waals surface area contributed by atoms with Crippen LogP contribution in [0, 0.1) is 20.8 Å². The molecule has 5 heteroatoms. The Morgan fingerprint density at radius 2 is 1.70 bits per heavy atom. The highest BCUT2D eigenvalue weighted by Crippen LogP contribution is 2.32.